The first-order valence-corrected chi connectivity index (χ1v) is 11.3. The summed E-state index contributed by atoms with van der Waals surface area (Å²) in [5.74, 6) is -2.79. The van der Waals surface area contributed by atoms with Crippen molar-refractivity contribution in [3.63, 3.8) is 0 Å². The minimum Gasteiger partial charge on any atom is -0.475 e. The molecule has 30 heavy (non-hydrogen) atoms. The van der Waals surface area contributed by atoms with Crippen LogP contribution >= 0.6 is 0 Å². The maximum absolute atomic E-state index is 12.8. The number of carboxylic acids is 1. The molecule has 1 aliphatic carbocycles. The molecule has 0 aromatic rings. The zero-order valence-electron chi connectivity index (χ0n) is 16.5. The molecule has 13 heteroatoms. The highest BCUT2D eigenvalue weighted by molar-refractivity contribution is 7.90. The van der Waals surface area contributed by atoms with Crippen LogP contribution in [0.5, 0.6) is 0 Å². The summed E-state index contributed by atoms with van der Waals surface area (Å²) in [5.41, 5.74) is 0. The average molecular weight is 457 g/mol. The number of nitrogens with zero attached hydrogens (tertiary/aromatic N) is 3. The molecule has 0 aromatic heterocycles. The Morgan fingerprint density at radius 2 is 1.63 bits per heavy atom. The molecule has 3 saturated heterocycles. The number of aliphatic carboxylic acids is 1. The second-order valence-corrected chi connectivity index (χ2v) is 10.3. The molecule has 0 aromatic carbocycles. The van der Waals surface area contributed by atoms with Crippen LogP contribution in [-0.4, -0.2) is 109 Å². The van der Waals surface area contributed by atoms with Gasteiger partial charge in [0.2, 0.25) is 15.9 Å². The van der Waals surface area contributed by atoms with E-state index >= 15 is 0 Å². The minimum atomic E-state index is -5.08. The van der Waals surface area contributed by atoms with Gasteiger partial charge in [0, 0.05) is 39.3 Å². The third kappa shape index (κ3) is 5.24. The number of sulfonamides is 1. The van der Waals surface area contributed by atoms with Gasteiger partial charge in [-0.3, -0.25) is 4.79 Å². The molecule has 3 heterocycles. The van der Waals surface area contributed by atoms with Crippen molar-refractivity contribution in [1.82, 2.24) is 14.1 Å². The molecule has 3 atom stereocenters. The second-order valence-electron chi connectivity index (χ2n) is 8.13. The van der Waals surface area contributed by atoms with Gasteiger partial charge in [-0.25, -0.2) is 13.2 Å². The summed E-state index contributed by atoms with van der Waals surface area (Å²) in [6.45, 7) is 4.08. The van der Waals surface area contributed by atoms with E-state index < -0.39 is 22.2 Å². The first kappa shape index (κ1) is 23.2. The maximum Gasteiger partial charge on any atom is 0.490 e. The number of carboxylic acid groups (broad SMARTS) is 1. The van der Waals surface area contributed by atoms with Crippen molar-refractivity contribution in [1.29, 1.82) is 0 Å². The van der Waals surface area contributed by atoms with Crippen LogP contribution in [0.3, 0.4) is 0 Å². The number of hydrogen-bond donors (Lipinski definition) is 1. The Hall–Kier alpha value is -1.44. The Kier molecular flexibility index (Phi) is 6.65. The molecule has 4 aliphatic rings. The van der Waals surface area contributed by atoms with E-state index in [-0.39, 0.29) is 29.3 Å². The Morgan fingerprint density at radius 1 is 1.07 bits per heavy atom. The Bertz CT molecular complexity index is 765. The van der Waals surface area contributed by atoms with E-state index in [0.717, 1.165) is 39.0 Å². The molecule has 0 radical (unpaired) electrons. The van der Waals surface area contributed by atoms with Crippen molar-refractivity contribution in [2.45, 2.75) is 42.9 Å². The van der Waals surface area contributed by atoms with Crippen LogP contribution in [0.4, 0.5) is 13.2 Å². The molecular weight excluding hydrogens is 431 g/mol. The van der Waals surface area contributed by atoms with Gasteiger partial charge in [0.1, 0.15) is 0 Å². The highest BCUT2D eigenvalue weighted by Gasteiger charge is 2.51. The number of halogens is 3. The summed E-state index contributed by atoms with van der Waals surface area (Å²) >= 11 is 0. The van der Waals surface area contributed by atoms with Crippen molar-refractivity contribution in [3.8, 4) is 0 Å². The highest BCUT2D eigenvalue weighted by atomic mass is 32.2. The molecule has 3 aliphatic heterocycles. The smallest absolute Gasteiger partial charge is 0.475 e. The monoisotopic (exact) mass is 457 g/mol. The first-order valence-electron chi connectivity index (χ1n) is 9.81. The fourth-order valence-electron chi connectivity index (χ4n) is 3.93. The number of ether oxygens (including phenoxy) is 1. The Balaban J connectivity index is 0.000000318. The largest absolute Gasteiger partial charge is 0.490 e. The van der Waals surface area contributed by atoms with Crippen molar-refractivity contribution in [2.75, 3.05) is 46.3 Å². The molecule has 1 saturated carbocycles. The summed E-state index contributed by atoms with van der Waals surface area (Å²) < 4.78 is 64.1. The molecule has 0 spiro atoms. The van der Waals surface area contributed by atoms with Gasteiger partial charge in [-0.15, -0.1) is 0 Å². The molecule has 1 N–H and O–H groups in total. The standard InChI is InChI=1S/C15H25N3O4S.C2HF3O2/c1-16-4-6-17(7-5-16)15(19)13-8-11-9-18(10-14(13)22-11)23(20,21)12-2-3-12;3-2(4,5)1(6)7/h11-14H,2-10H2,1H3;(H,6,7)/t11-,13+,14-;/m1./s1. The van der Waals surface area contributed by atoms with Crippen LogP contribution in [0.1, 0.15) is 19.3 Å². The first-order chi connectivity index (χ1) is 13.9. The van der Waals surface area contributed by atoms with Gasteiger partial charge in [0.25, 0.3) is 0 Å². The molecule has 9 nitrogen and oxygen atoms in total. The zero-order valence-corrected chi connectivity index (χ0v) is 17.4. The number of piperazine rings is 1. The van der Waals surface area contributed by atoms with Crippen molar-refractivity contribution in [3.05, 3.63) is 0 Å². The summed E-state index contributed by atoms with van der Waals surface area (Å²) in [6, 6.07) is 0. The summed E-state index contributed by atoms with van der Waals surface area (Å²) in [7, 11) is -1.11. The maximum atomic E-state index is 12.8. The number of likely N-dealkylation sites (N-methyl/N-ethyl adjacent to an activating group) is 1. The van der Waals surface area contributed by atoms with Gasteiger partial charge < -0.3 is 19.6 Å². The Morgan fingerprint density at radius 3 is 2.13 bits per heavy atom. The fraction of sp³-hybridized carbons (Fsp3) is 0.882. The van der Waals surface area contributed by atoms with Crippen molar-refractivity contribution >= 4 is 21.9 Å². The van der Waals surface area contributed by atoms with E-state index in [9.17, 15) is 26.4 Å². The zero-order chi connectivity index (χ0) is 22.3. The summed E-state index contributed by atoms with van der Waals surface area (Å²) in [5, 5.41) is 6.94. The number of fused-ring (bicyclic) bond motifs is 2. The van der Waals surface area contributed by atoms with E-state index in [1.54, 1.807) is 4.31 Å². The molecular formula is C17H26F3N3O6S. The number of carbonyl (C=O) groups is 2. The predicted molar refractivity (Wildman–Crippen MR) is 98.1 cm³/mol. The fourth-order valence-corrected chi connectivity index (χ4v) is 5.81. The van der Waals surface area contributed by atoms with E-state index in [1.165, 1.54) is 0 Å². The number of rotatable bonds is 3. The number of alkyl halides is 3. The number of hydrogen-bond acceptors (Lipinski definition) is 6. The lowest BCUT2D eigenvalue weighted by Crippen LogP contribution is -2.52. The van der Waals surface area contributed by atoms with Crippen LogP contribution in [-0.2, 0) is 24.3 Å². The average Bonchev–Trinajstić information content (AvgIpc) is 3.47. The lowest BCUT2D eigenvalue weighted by atomic mass is 9.98. The highest BCUT2D eigenvalue weighted by Crippen LogP contribution is 2.38. The SMILES string of the molecule is CN1CCN(C(=O)[C@H]2C[C@@H]3CN(S(=O)(=O)C4CC4)C[C@H]2O3)CC1.O=C(O)C(F)(F)F. The number of amides is 1. The quantitative estimate of drug-likeness (QED) is 0.635. The van der Waals surface area contributed by atoms with E-state index in [4.69, 9.17) is 14.6 Å². The van der Waals surface area contributed by atoms with E-state index in [2.05, 4.69) is 11.9 Å². The molecule has 4 rings (SSSR count). The molecule has 4 fully saturated rings. The van der Waals surface area contributed by atoms with Gasteiger partial charge >= 0.3 is 12.1 Å². The third-order valence-corrected chi connectivity index (χ3v) is 8.14. The van der Waals surface area contributed by atoms with Gasteiger partial charge in [-0.1, -0.05) is 0 Å². The van der Waals surface area contributed by atoms with Crippen LogP contribution in [0.2, 0.25) is 0 Å². The molecule has 0 unspecified atom stereocenters. The van der Waals surface area contributed by atoms with Crippen LogP contribution < -0.4 is 0 Å². The predicted octanol–water partition coefficient (Wildman–Crippen LogP) is -0.0248. The summed E-state index contributed by atoms with van der Waals surface area (Å²) in [4.78, 5) is 25.9. The van der Waals surface area contributed by atoms with Crippen LogP contribution in [0.15, 0.2) is 0 Å². The van der Waals surface area contributed by atoms with Gasteiger partial charge in [-0.2, -0.15) is 17.5 Å². The third-order valence-electron chi connectivity index (χ3n) is 5.80. The van der Waals surface area contributed by atoms with Crippen molar-refractivity contribution in [2.24, 2.45) is 5.92 Å². The van der Waals surface area contributed by atoms with Crippen molar-refractivity contribution < 1.29 is 41.0 Å². The molecule has 172 valence electrons. The number of carbonyl (C=O) groups excluding carboxylic acids is 1. The molecule has 2 bridgehead atoms. The lowest BCUT2D eigenvalue weighted by molar-refractivity contribution is -0.192. The second kappa shape index (κ2) is 8.60. The van der Waals surface area contributed by atoms with E-state index in [0.29, 0.717) is 19.5 Å². The normalized spacial score (nSPS) is 30.5. The minimum absolute atomic E-state index is 0.122. The number of morpholine rings is 1. The van der Waals surface area contributed by atoms with Crippen LogP contribution in [0, 0.1) is 5.92 Å². The van der Waals surface area contributed by atoms with E-state index in [1.807, 2.05) is 4.90 Å². The van der Waals surface area contributed by atoms with Gasteiger partial charge in [-0.05, 0) is 26.3 Å². The topological polar surface area (TPSA) is 107 Å². The van der Waals surface area contributed by atoms with Gasteiger partial charge in [0.15, 0.2) is 0 Å². The lowest BCUT2D eigenvalue weighted by Gasteiger charge is -2.35. The molecule has 1 amide bonds. The summed E-state index contributed by atoms with van der Waals surface area (Å²) in [6.07, 6.45) is -3.26. The van der Waals surface area contributed by atoms with Gasteiger partial charge in [0.05, 0.1) is 23.4 Å². The van der Waals surface area contributed by atoms with Crippen LogP contribution in [0.25, 0.3) is 0 Å². The Labute approximate surface area is 172 Å².